The first kappa shape index (κ1) is 17.2. The maximum atomic E-state index is 5.87. The van der Waals surface area contributed by atoms with Crippen LogP contribution in [-0.4, -0.2) is 70.0 Å². The van der Waals surface area contributed by atoms with Gasteiger partial charge in [0.05, 0.1) is 13.2 Å². The Balaban J connectivity index is 4.06. The summed E-state index contributed by atoms with van der Waals surface area (Å²) >= 11 is 1.89. The fraction of sp³-hybridized carbons (Fsp3) is 1.00. The highest BCUT2D eigenvalue weighted by Gasteiger charge is 2.16. The Morgan fingerprint density at radius 3 is 2.18 bits per heavy atom. The minimum absolute atomic E-state index is 0.451. The van der Waals surface area contributed by atoms with Crippen LogP contribution in [0, 0.1) is 0 Å². The second-order valence-corrected chi connectivity index (χ2v) is 5.03. The fourth-order valence-corrected chi connectivity index (χ4v) is 2.26. The zero-order chi connectivity index (χ0) is 12.9. The van der Waals surface area contributed by atoms with Crippen molar-refractivity contribution < 1.29 is 9.47 Å². The second-order valence-electron chi connectivity index (χ2n) is 4.05. The number of nitrogens with zero attached hydrogens (tertiary/aromatic N) is 1. The van der Waals surface area contributed by atoms with Gasteiger partial charge in [0.1, 0.15) is 0 Å². The van der Waals surface area contributed by atoms with E-state index in [4.69, 9.17) is 15.2 Å². The van der Waals surface area contributed by atoms with E-state index in [1.165, 1.54) is 12.2 Å². The average molecular weight is 264 g/mol. The molecular formula is C12H28N2O2S. The zero-order valence-electron chi connectivity index (χ0n) is 11.5. The summed E-state index contributed by atoms with van der Waals surface area (Å²) in [6, 6.07) is 0.451. The van der Waals surface area contributed by atoms with Crippen molar-refractivity contribution in [2.45, 2.75) is 18.9 Å². The summed E-state index contributed by atoms with van der Waals surface area (Å²) < 4.78 is 10.3. The van der Waals surface area contributed by atoms with Crippen molar-refractivity contribution in [1.82, 2.24) is 4.90 Å². The second kappa shape index (κ2) is 12.6. The molecule has 4 nitrogen and oxygen atoms in total. The highest BCUT2D eigenvalue weighted by atomic mass is 32.2. The molecule has 0 bridgehead atoms. The summed E-state index contributed by atoms with van der Waals surface area (Å²) in [7, 11) is 3.47. The molecule has 0 amide bonds. The van der Waals surface area contributed by atoms with Gasteiger partial charge in [-0.2, -0.15) is 11.8 Å². The van der Waals surface area contributed by atoms with Crippen molar-refractivity contribution in [3.8, 4) is 0 Å². The van der Waals surface area contributed by atoms with Gasteiger partial charge in [-0.15, -0.1) is 0 Å². The van der Waals surface area contributed by atoms with Crippen LogP contribution in [0.3, 0.4) is 0 Å². The van der Waals surface area contributed by atoms with Gasteiger partial charge >= 0.3 is 0 Å². The maximum absolute atomic E-state index is 5.87. The first-order chi connectivity index (χ1) is 8.29. The molecule has 17 heavy (non-hydrogen) atoms. The highest BCUT2D eigenvalue weighted by Crippen LogP contribution is 2.09. The highest BCUT2D eigenvalue weighted by molar-refractivity contribution is 7.98. The van der Waals surface area contributed by atoms with Gasteiger partial charge in [-0.05, 0) is 24.9 Å². The van der Waals surface area contributed by atoms with E-state index in [0.717, 1.165) is 32.7 Å². The summed E-state index contributed by atoms with van der Waals surface area (Å²) in [5.74, 6) is 1.21. The Labute approximate surface area is 110 Å². The quantitative estimate of drug-likeness (QED) is 0.534. The van der Waals surface area contributed by atoms with E-state index in [9.17, 15) is 0 Å². The van der Waals surface area contributed by atoms with Crippen LogP contribution in [0.5, 0.6) is 0 Å². The van der Waals surface area contributed by atoms with Crippen LogP contribution in [0.15, 0.2) is 0 Å². The summed E-state index contributed by atoms with van der Waals surface area (Å²) in [4.78, 5) is 2.38. The predicted octanol–water partition coefficient (Wildman–Crippen LogP) is 1.05. The van der Waals surface area contributed by atoms with E-state index in [0.29, 0.717) is 12.6 Å². The molecule has 104 valence electrons. The Morgan fingerprint density at radius 2 is 1.76 bits per heavy atom. The number of ether oxygens (including phenoxy) is 2. The monoisotopic (exact) mass is 264 g/mol. The normalized spacial score (nSPS) is 13.2. The van der Waals surface area contributed by atoms with Crippen molar-refractivity contribution >= 4 is 11.8 Å². The minimum atomic E-state index is 0.451. The fourth-order valence-electron chi connectivity index (χ4n) is 1.81. The third-order valence-corrected chi connectivity index (χ3v) is 3.54. The van der Waals surface area contributed by atoms with Gasteiger partial charge in [0.25, 0.3) is 0 Å². The smallest absolute Gasteiger partial charge is 0.0589 e. The van der Waals surface area contributed by atoms with Crippen molar-refractivity contribution in [3.63, 3.8) is 0 Å². The number of hydrogen-bond acceptors (Lipinski definition) is 5. The van der Waals surface area contributed by atoms with Crippen LogP contribution in [0.2, 0.25) is 0 Å². The molecule has 0 rings (SSSR count). The number of thioether (sulfide) groups is 1. The lowest BCUT2D eigenvalue weighted by molar-refractivity contribution is 0.0863. The Kier molecular flexibility index (Phi) is 12.8. The largest absolute Gasteiger partial charge is 0.383 e. The van der Waals surface area contributed by atoms with Gasteiger partial charge in [-0.3, -0.25) is 4.90 Å². The molecule has 2 N–H and O–H groups in total. The molecule has 0 saturated heterocycles. The summed E-state index contributed by atoms with van der Waals surface area (Å²) in [6.45, 7) is 4.08. The van der Waals surface area contributed by atoms with Gasteiger partial charge in [0, 0.05) is 39.9 Å². The summed E-state index contributed by atoms with van der Waals surface area (Å²) in [6.07, 6.45) is 4.52. The first-order valence-electron chi connectivity index (χ1n) is 6.21. The minimum Gasteiger partial charge on any atom is -0.383 e. The molecule has 0 aliphatic heterocycles. The molecule has 0 fully saturated rings. The lowest BCUT2D eigenvalue weighted by Crippen LogP contribution is -2.44. The van der Waals surface area contributed by atoms with Gasteiger partial charge in [-0.25, -0.2) is 0 Å². The zero-order valence-corrected chi connectivity index (χ0v) is 12.3. The van der Waals surface area contributed by atoms with Gasteiger partial charge < -0.3 is 15.2 Å². The maximum Gasteiger partial charge on any atom is 0.0589 e. The predicted molar refractivity (Wildman–Crippen MR) is 75.8 cm³/mol. The van der Waals surface area contributed by atoms with E-state index in [1.807, 2.05) is 11.8 Å². The topological polar surface area (TPSA) is 47.7 Å². The van der Waals surface area contributed by atoms with Gasteiger partial charge in [0.15, 0.2) is 0 Å². The van der Waals surface area contributed by atoms with Gasteiger partial charge in [-0.1, -0.05) is 0 Å². The molecule has 0 aromatic rings. The molecule has 0 aliphatic carbocycles. The molecule has 0 aliphatic rings. The molecule has 1 unspecified atom stereocenters. The van der Waals surface area contributed by atoms with Crippen LogP contribution in [0.4, 0.5) is 0 Å². The number of rotatable bonds is 12. The van der Waals surface area contributed by atoms with Gasteiger partial charge in [0.2, 0.25) is 0 Å². The molecule has 0 spiro atoms. The number of nitrogens with two attached hydrogens (primary N) is 1. The average Bonchev–Trinajstić information content (AvgIpc) is 2.36. The van der Waals surface area contributed by atoms with Crippen LogP contribution in [0.25, 0.3) is 0 Å². The van der Waals surface area contributed by atoms with Crippen LogP contribution < -0.4 is 5.73 Å². The molecule has 0 aromatic carbocycles. The summed E-state index contributed by atoms with van der Waals surface area (Å²) in [5, 5.41) is 0. The summed E-state index contributed by atoms with van der Waals surface area (Å²) in [5.41, 5.74) is 5.87. The third-order valence-electron chi connectivity index (χ3n) is 2.84. The SMILES string of the molecule is COCCN(CCOC)C(CN)CCCSC. The van der Waals surface area contributed by atoms with E-state index in [-0.39, 0.29) is 0 Å². The first-order valence-corrected chi connectivity index (χ1v) is 7.60. The standard InChI is InChI=1S/C12H28N2O2S/c1-15-8-6-14(7-9-16-2)12(11-13)5-4-10-17-3/h12H,4-11,13H2,1-3H3. The Bertz CT molecular complexity index is 153. The number of hydrogen-bond donors (Lipinski definition) is 1. The van der Waals surface area contributed by atoms with Crippen molar-refractivity contribution in [2.75, 3.05) is 59.1 Å². The number of methoxy groups -OCH3 is 2. The van der Waals surface area contributed by atoms with Crippen LogP contribution in [0.1, 0.15) is 12.8 Å². The van der Waals surface area contributed by atoms with E-state index in [1.54, 1.807) is 14.2 Å². The molecule has 0 aromatic heterocycles. The van der Waals surface area contributed by atoms with Crippen LogP contribution >= 0.6 is 11.8 Å². The van der Waals surface area contributed by atoms with Crippen molar-refractivity contribution in [1.29, 1.82) is 0 Å². The third kappa shape index (κ3) is 8.85. The molecular weight excluding hydrogens is 236 g/mol. The van der Waals surface area contributed by atoms with E-state index >= 15 is 0 Å². The van der Waals surface area contributed by atoms with Crippen LogP contribution in [-0.2, 0) is 9.47 Å². The molecule has 0 radical (unpaired) electrons. The molecule has 0 heterocycles. The molecule has 0 saturated carbocycles. The Hall–Kier alpha value is 0.190. The van der Waals surface area contributed by atoms with Crippen molar-refractivity contribution in [3.05, 3.63) is 0 Å². The van der Waals surface area contributed by atoms with E-state index in [2.05, 4.69) is 11.2 Å². The lowest BCUT2D eigenvalue weighted by atomic mass is 10.1. The van der Waals surface area contributed by atoms with Crippen molar-refractivity contribution in [2.24, 2.45) is 5.73 Å². The Morgan fingerprint density at radius 1 is 1.18 bits per heavy atom. The molecule has 5 heteroatoms. The van der Waals surface area contributed by atoms with E-state index < -0.39 is 0 Å². The molecule has 1 atom stereocenters. The lowest BCUT2D eigenvalue weighted by Gasteiger charge is -2.30.